The summed E-state index contributed by atoms with van der Waals surface area (Å²) in [5.41, 5.74) is 1.22. The molecule has 1 saturated heterocycles. The highest BCUT2D eigenvalue weighted by Gasteiger charge is 2.39. The summed E-state index contributed by atoms with van der Waals surface area (Å²) in [5.74, 6) is 0.0258. The molecule has 1 atom stereocenters. The van der Waals surface area contributed by atoms with Crippen LogP contribution in [0, 0.1) is 5.92 Å². The maximum atomic E-state index is 12.2. The Morgan fingerprint density at radius 1 is 1.24 bits per heavy atom. The predicted octanol–water partition coefficient (Wildman–Crippen LogP) is 1.75. The lowest BCUT2D eigenvalue weighted by molar-refractivity contribution is -0.131. The van der Waals surface area contributed by atoms with E-state index < -0.39 is 0 Å². The number of hydrogen-bond acceptors (Lipinski definition) is 2. The molecule has 21 heavy (non-hydrogen) atoms. The van der Waals surface area contributed by atoms with E-state index in [1.165, 1.54) is 12.0 Å². The van der Waals surface area contributed by atoms with Crippen molar-refractivity contribution in [1.82, 2.24) is 10.2 Å². The zero-order valence-corrected chi connectivity index (χ0v) is 12.3. The summed E-state index contributed by atoms with van der Waals surface area (Å²) in [6, 6.07) is 10.5. The molecular formula is C17H22N2O2. The van der Waals surface area contributed by atoms with Crippen LogP contribution in [0.15, 0.2) is 30.3 Å². The van der Waals surface area contributed by atoms with Crippen molar-refractivity contribution >= 4 is 11.8 Å². The third-order valence-corrected chi connectivity index (χ3v) is 4.60. The maximum Gasteiger partial charge on any atom is 0.225 e. The average molecular weight is 286 g/mol. The molecule has 1 heterocycles. The molecule has 0 bridgehead atoms. The van der Waals surface area contributed by atoms with Gasteiger partial charge >= 0.3 is 0 Å². The summed E-state index contributed by atoms with van der Waals surface area (Å²) in [5, 5.41) is 2.97. The Balaban J connectivity index is 1.44. The van der Waals surface area contributed by atoms with Crippen molar-refractivity contribution in [2.45, 2.75) is 38.1 Å². The Labute approximate surface area is 125 Å². The minimum absolute atomic E-state index is 0.0288. The van der Waals surface area contributed by atoms with Crippen LogP contribution in [0.4, 0.5) is 0 Å². The van der Waals surface area contributed by atoms with Crippen molar-refractivity contribution in [2.75, 3.05) is 13.1 Å². The molecule has 1 N–H and O–H groups in total. The van der Waals surface area contributed by atoms with Gasteiger partial charge in [0, 0.05) is 25.6 Å². The van der Waals surface area contributed by atoms with E-state index in [0.29, 0.717) is 25.6 Å². The monoisotopic (exact) mass is 286 g/mol. The van der Waals surface area contributed by atoms with Gasteiger partial charge in [-0.15, -0.1) is 0 Å². The van der Waals surface area contributed by atoms with Crippen LogP contribution in [-0.4, -0.2) is 35.8 Å². The lowest BCUT2D eigenvalue weighted by Crippen LogP contribution is -2.42. The lowest BCUT2D eigenvalue weighted by Gasteiger charge is -2.34. The highest BCUT2D eigenvalue weighted by Crippen LogP contribution is 2.30. The molecular weight excluding hydrogens is 264 g/mol. The number of amides is 2. The maximum absolute atomic E-state index is 12.2. The van der Waals surface area contributed by atoms with E-state index in [1.807, 2.05) is 23.1 Å². The quantitative estimate of drug-likeness (QED) is 0.896. The molecule has 1 unspecified atom stereocenters. The number of likely N-dealkylation sites (tertiary alicyclic amines) is 1. The number of nitrogens with one attached hydrogen (secondary N) is 1. The molecule has 3 rings (SSSR count). The minimum Gasteiger partial charge on any atom is -0.355 e. The van der Waals surface area contributed by atoms with Crippen molar-refractivity contribution in [3.63, 3.8) is 0 Å². The van der Waals surface area contributed by atoms with E-state index in [2.05, 4.69) is 17.4 Å². The first-order valence-corrected chi connectivity index (χ1v) is 7.85. The van der Waals surface area contributed by atoms with Gasteiger partial charge in [-0.3, -0.25) is 9.59 Å². The zero-order chi connectivity index (χ0) is 14.7. The normalized spacial score (nSPS) is 22.2. The van der Waals surface area contributed by atoms with Gasteiger partial charge in [0.05, 0.1) is 5.92 Å². The number of benzene rings is 1. The van der Waals surface area contributed by atoms with Crippen LogP contribution in [-0.2, 0) is 16.0 Å². The van der Waals surface area contributed by atoms with Gasteiger partial charge in [0.2, 0.25) is 11.8 Å². The van der Waals surface area contributed by atoms with Gasteiger partial charge in [0.15, 0.2) is 0 Å². The number of rotatable bonds is 5. The third kappa shape index (κ3) is 3.26. The molecule has 2 aliphatic rings. The van der Waals surface area contributed by atoms with Crippen molar-refractivity contribution in [3.05, 3.63) is 35.9 Å². The van der Waals surface area contributed by atoms with Crippen molar-refractivity contribution in [3.8, 4) is 0 Å². The van der Waals surface area contributed by atoms with Crippen LogP contribution in [0.1, 0.15) is 31.2 Å². The Morgan fingerprint density at radius 3 is 2.67 bits per heavy atom. The molecule has 1 saturated carbocycles. The fourth-order valence-electron chi connectivity index (χ4n) is 3.08. The molecule has 4 heteroatoms. The van der Waals surface area contributed by atoms with Crippen LogP contribution >= 0.6 is 0 Å². The lowest BCUT2D eigenvalue weighted by atomic mass is 9.92. The van der Waals surface area contributed by atoms with Gasteiger partial charge in [0.1, 0.15) is 0 Å². The molecule has 1 aromatic rings. The molecule has 112 valence electrons. The van der Waals surface area contributed by atoms with Crippen molar-refractivity contribution < 1.29 is 9.59 Å². The largest absolute Gasteiger partial charge is 0.355 e. The van der Waals surface area contributed by atoms with E-state index in [-0.39, 0.29) is 17.7 Å². The average Bonchev–Trinajstić information content (AvgIpc) is 2.80. The summed E-state index contributed by atoms with van der Waals surface area (Å²) >= 11 is 0. The van der Waals surface area contributed by atoms with E-state index in [1.54, 1.807) is 0 Å². The summed E-state index contributed by atoms with van der Waals surface area (Å²) < 4.78 is 0. The summed E-state index contributed by atoms with van der Waals surface area (Å²) in [6.07, 6.45) is 4.64. The molecule has 0 spiro atoms. The first-order chi connectivity index (χ1) is 10.2. The second kappa shape index (κ2) is 6.29. The minimum atomic E-state index is -0.158. The van der Waals surface area contributed by atoms with Gasteiger partial charge in [-0.1, -0.05) is 30.3 Å². The number of nitrogens with zero attached hydrogens (tertiary/aromatic N) is 1. The number of hydrogen-bond donors (Lipinski definition) is 1. The van der Waals surface area contributed by atoms with Crippen molar-refractivity contribution in [1.29, 1.82) is 0 Å². The van der Waals surface area contributed by atoms with Crippen LogP contribution < -0.4 is 5.32 Å². The molecule has 1 aromatic carbocycles. The van der Waals surface area contributed by atoms with E-state index in [9.17, 15) is 9.59 Å². The Morgan fingerprint density at radius 2 is 2.00 bits per heavy atom. The third-order valence-electron chi connectivity index (χ3n) is 4.60. The Kier molecular flexibility index (Phi) is 4.23. The van der Waals surface area contributed by atoms with Gasteiger partial charge in [-0.05, 0) is 31.2 Å². The highest BCUT2D eigenvalue weighted by atomic mass is 16.2. The van der Waals surface area contributed by atoms with Crippen LogP contribution in [0.5, 0.6) is 0 Å². The predicted molar refractivity (Wildman–Crippen MR) is 80.6 cm³/mol. The molecule has 4 nitrogen and oxygen atoms in total. The fraction of sp³-hybridized carbons (Fsp3) is 0.529. The van der Waals surface area contributed by atoms with E-state index >= 15 is 0 Å². The van der Waals surface area contributed by atoms with Crippen LogP contribution in [0.3, 0.4) is 0 Å². The molecule has 0 aromatic heterocycles. The van der Waals surface area contributed by atoms with Gasteiger partial charge in [-0.25, -0.2) is 0 Å². The van der Waals surface area contributed by atoms with Gasteiger partial charge < -0.3 is 10.2 Å². The zero-order valence-electron chi connectivity index (χ0n) is 12.3. The second-order valence-electron chi connectivity index (χ2n) is 6.06. The van der Waals surface area contributed by atoms with E-state index in [0.717, 1.165) is 19.3 Å². The van der Waals surface area contributed by atoms with Crippen LogP contribution in [0.25, 0.3) is 0 Å². The van der Waals surface area contributed by atoms with Gasteiger partial charge in [0.25, 0.3) is 0 Å². The second-order valence-corrected chi connectivity index (χ2v) is 6.06. The van der Waals surface area contributed by atoms with Gasteiger partial charge in [-0.2, -0.15) is 0 Å². The SMILES string of the molecule is O=C(NCCc1ccccc1)C1CC(=O)N(C2CCC2)C1. The topological polar surface area (TPSA) is 49.4 Å². The summed E-state index contributed by atoms with van der Waals surface area (Å²) in [6.45, 7) is 1.25. The number of carbonyl (C=O) groups is 2. The first kappa shape index (κ1) is 14.1. The molecule has 2 amide bonds. The Hall–Kier alpha value is -1.84. The van der Waals surface area contributed by atoms with Crippen molar-refractivity contribution in [2.24, 2.45) is 5.92 Å². The standard InChI is InChI=1S/C17H22N2O2/c20-16-11-14(12-19(16)15-7-4-8-15)17(21)18-10-9-13-5-2-1-3-6-13/h1-3,5-6,14-15H,4,7-12H2,(H,18,21). The highest BCUT2D eigenvalue weighted by molar-refractivity contribution is 5.89. The Bertz CT molecular complexity index is 511. The fourth-order valence-corrected chi connectivity index (χ4v) is 3.08. The number of carbonyl (C=O) groups excluding carboxylic acids is 2. The summed E-state index contributed by atoms with van der Waals surface area (Å²) in [4.78, 5) is 26.1. The van der Waals surface area contributed by atoms with E-state index in [4.69, 9.17) is 0 Å². The van der Waals surface area contributed by atoms with Crippen LogP contribution in [0.2, 0.25) is 0 Å². The smallest absolute Gasteiger partial charge is 0.225 e. The molecule has 0 radical (unpaired) electrons. The first-order valence-electron chi connectivity index (χ1n) is 7.85. The molecule has 1 aliphatic carbocycles. The molecule has 1 aliphatic heterocycles. The summed E-state index contributed by atoms with van der Waals surface area (Å²) in [7, 11) is 0. The molecule has 2 fully saturated rings.